The maximum Gasteiger partial charge on any atom is 0.338 e. The third-order valence-electron chi connectivity index (χ3n) is 5.43. The molecular formula is C25H25N3O4S. The fourth-order valence-electron chi connectivity index (χ4n) is 3.78. The van der Waals surface area contributed by atoms with Gasteiger partial charge in [0.15, 0.2) is 4.80 Å². The third kappa shape index (κ3) is 4.34. The van der Waals surface area contributed by atoms with Gasteiger partial charge >= 0.3 is 5.97 Å². The van der Waals surface area contributed by atoms with Crippen LogP contribution in [-0.2, 0) is 9.53 Å². The van der Waals surface area contributed by atoms with Gasteiger partial charge in [-0.25, -0.2) is 9.79 Å². The van der Waals surface area contributed by atoms with Crippen molar-refractivity contribution >= 4 is 29.1 Å². The Morgan fingerprint density at radius 2 is 1.85 bits per heavy atom. The minimum absolute atomic E-state index is 0.157. The van der Waals surface area contributed by atoms with E-state index in [0.717, 1.165) is 16.8 Å². The average Bonchev–Trinajstić information content (AvgIpc) is 3.09. The number of hydrogen-bond donors (Lipinski definition) is 1. The summed E-state index contributed by atoms with van der Waals surface area (Å²) >= 11 is 1.27. The minimum atomic E-state index is -0.640. The topological polar surface area (TPSA) is 84.1 Å². The van der Waals surface area contributed by atoms with E-state index in [2.05, 4.69) is 4.99 Å². The Morgan fingerprint density at radius 1 is 1.18 bits per heavy atom. The summed E-state index contributed by atoms with van der Waals surface area (Å²) in [6, 6.07) is 13.7. The van der Waals surface area contributed by atoms with Gasteiger partial charge in [-0.15, -0.1) is 0 Å². The number of nitrogens with zero attached hydrogens (tertiary/aromatic N) is 3. The maximum absolute atomic E-state index is 13.5. The second-order valence-electron chi connectivity index (χ2n) is 7.88. The Bertz CT molecular complexity index is 1400. The molecule has 1 aliphatic heterocycles. The van der Waals surface area contributed by atoms with Crippen molar-refractivity contribution in [2.45, 2.75) is 19.9 Å². The van der Waals surface area contributed by atoms with Crippen LogP contribution in [0.15, 0.2) is 69.6 Å². The first kappa shape index (κ1) is 22.5. The summed E-state index contributed by atoms with van der Waals surface area (Å²) in [5, 5.41) is 9.53. The van der Waals surface area contributed by atoms with E-state index in [-0.39, 0.29) is 17.9 Å². The van der Waals surface area contributed by atoms with Crippen LogP contribution < -0.4 is 19.8 Å². The highest BCUT2D eigenvalue weighted by Gasteiger charge is 2.33. The summed E-state index contributed by atoms with van der Waals surface area (Å²) in [7, 11) is 3.91. The summed E-state index contributed by atoms with van der Waals surface area (Å²) in [6.45, 7) is 3.75. The van der Waals surface area contributed by atoms with Gasteiger partial charge in [0.05, 0.1) is 28.5 Å². The van der Waals surface area contributed by atoms with Gasteiger partial charge in [-0.05, 0) is 55.3 Å². The van der Waals surface area contributed by atoms with E-state index in [1.807, 2.05) is 43.3 Å². The lowest BCUT2D eigenvalue weighted by Gasteiger charge is -2.25. The SMILES string of the molecule is CCOC(=O)C1=C(C)N=c2sc(=Cc3ccc(O)cc3)c(=O)n2[C@@H]1c1ccc(N(C)C)cc1. The highest BCUT2D eigenvalue weighted by atomic mass is 32.1. The zero-order valence-electron chi connectivity index (χ0n) is 18.9. The van der Waals surface area contributed by atoms with Crippen molar-refractivity contribution < 1.29 is 14.6 Å². The number of thiazole rings is 1. The van der Waals surface area contributed by atoms with Gasteiger partial charge in [0.2, 0.25) is 0 Å². The zero-order valence-corrected chi connectivity index (χ0v) is 19.7. The number of carbonyl (C=O) groups is 1. The zero-order chi connectivity index (χ0) is 23.7. The fraction of sp³-hybridized carbons (Fsp3) is 0.240. The Kier molecular flexibility index (Phi) is 6.20. The number of benzene rings is 2. The van der Waals surface area contributed by atoms with Crippen LogP contribution >= 0.6 is 11.3 Å². The summed E-state index contributed by atoms with van der Waals surface area (Å²) in [6.07, 6.45) is 1.76. The van der Waals surface area contributed by atoms with E-state index >= 15 is 0 Å². The van der Waals surface area contributed by atoms with E-state index in [1.54, 1.807) is 48.8 Å². The van der Waals surface area contributed by atoms with Crippen molar-refractivity contribution in [3.05, 3.63) is 90.6 Å². The number of aromatic nitrogens is 1. The van der Waals surface area contributed by atoms with Crippen molar-refractivity contribution in [1.29, 1.82) is 0 Å². The fourth-order valence-corrected chi connectivity index (χ4v) is 4.83. The molecule has 0 amide bonds. The molecule has 2 aromatic carbocycles. The number of anilines is 1. The molecule has 33 heavy (non-hydrogen) atoms. The lowest BCUT2D eigenvalue weighted by Crippen LogP contribution is -2.39. The predicted octanol–water partition coefficient (Wildman–Crippen LogP) is 2.57. The van der Waals surface area contributed by atoms with E-state index in [9.17, 15) is 14.7 Å². The van der Waals surface area contributed by atoms with Crippen LogP contribution in [0.5, 0.6) is 5.75 Å². The first-order valence-corrected chi connectivity index (χ1v) is 11.4. The standard InChI is InChI=1S/C25H25N3O4S/c1-5-32-24(31)21-15(2)26-25-28(22(21)17-8-10-18(11-9-17)27(3)4)23(30)20(33-25)14-16-6-12-19(29)13-7-16/h6-14,22,29H,5H2,1-4H3/t22-/m1/s1. The molecule has 8 heteroatoms. The number of carbonyl (C=O) groups excluding carboxylic acids is 1. The summed E-state index contributed by atoms with van der Waals surface area (Å²) in [4.78, 5) is 33.5. The molecule has 7 nitrogen and oxygen atoms in total. The normalized spacial score (nSPS) is 15.8. The molecule has 0 spiro atoms. The number of hydrogen-bond acceptors (Lipinski definition) is 7. The molecule has 0 saturated heterocycles. The molecule has 0 radical (unpaired) electrons. The van der Waals surface area contributed by atoms with Gasteiger partial charge in [0, 0.05) is 19.8 Å². The number of ether oxygens (including phenoxy) is 1. The smallest absolute Gasteiger partial charge is 0.338 e. The highest BCUT2D eigenvalue weighted by molar-refractivity contribution is 7.07. The van der Waals surface area contributed by atoms with E-state index in [0.29, 0.717) is 20.6 Å². The largest absolute Gasteiger partial charge is 0.508 e. The van der Waals surface area contributed by atoms with Gasteiger partial charge < -0.3 is 14.7 Å². The predicted molar refractivity (Wildman–Crippen MR) is 129 cm³/mol. The van der Waals surface area contributed by atoms with E-state index < -0.39 is 12.0 Å². The highest BCUT2D eigenvalue weighted by Crippen LogP contribution is 2.31. The molecule has 2 heterocycles. The molecule has 0 fully saturated rings. The summed E-state index contributed by atoms with van der Waals surface area (Å²) < 4.78 is 7.39. The molecule has 4 rings (SSSR count). The molecule has 170 valence electrons. The molecule has 0 bridgehead atoms. The number of aromatic hydroxyl groups is 1. The first-order valence-electron chi connectivity index (χ1n) is 10.6. The van der Waals surface area contributed by atoms with Crippen molar-refractivity contribution in [3.8, 4) is 5.75 Å². The molecule has 0 aliphatic carbocycles. The van der Waals surface area contributed by atoms with Crippen molar-refractivity contribution in [2.24, 2.45) is 4.99 Å². The Labute approximate surface area is 195 Å². The van der Waals surface area contributed by atoms with Crippen molar-refractivity contribution in [3.63, 3.8) is 0 Å². The molecule has 1 atom stereocenters. The number of fused-ring (bicyclic) bond motifs is 1. The number of phenols is 1. The maximum atomic E-state index is 13.5. The Morgan fingerprint density at radius 3 is 2.45 bits per heavy atom. The monoisotopic (exact) mass is 463 g/mol. The molecular weight excluding hydrogens is 438 g/mol. The van der Waals surface area contributed by atoms with Gasteiger partial charge in [-0.3, -0.25) is 9.36 Å². The number of rotatable bonds is 5. The molecule has 1 aromatic heterocycles. The lowest BCUT2D eigenvalue weighted by molar-refractivity contribution is -0.139. The molecule has 0 unspecified atom stereocenters. The minimum Gasteiger partial charge on any atom is -0.508 e. The van der Waals surface area contributed by atoms with Crippen LogP contribution in [0.1, 0.15) is 31.0 Å². The van der Waals surface area contributed by atoms with E-state index in [1.165, 1.54) is 11.3 Å². The molecule has 1 N–H and O–H groups in total. The number of allylic oxidation sites excluding steroid dienone is 1. The second kappa shape index (κ2) is 9.07. The van der Waals surface area contributed by atoms with Crippen molar-refractivity contribution in [1.82, 2.24) is 4.57 Å². The quantitative estimate of drug-likeness (QED) is 0.588. The average molecular weight is 464 g/mol. The van der Waals surface area contributed by atoms with Crippen LogP contribution in [0.3, 0.4) is 0 Å². The molecule has 1 aliphatic rings. The number of phenolic OH excluding ortho intramolecular Hbond substituents is 1. The van der Waals surface area contributed by atoms with Gasteiger partial charge in [-0.2, -0.15) is 0 Å². The van der Waals surface area contributed by atoms with Crippen LogP contribution in [0.2, 0.25) is 0 Å². The van der Waals surface area contributed by atoms with Crippen LogP contribution in [0.25, 0.3) is 6.08 Å². The summed E-state index contributed by atoms with van der Waals surface area (Å²) in [5.74, 6) is -0.322. The molecule has 0 saturated carbocycles. The van der Waals surface area contributed by atoms with Crippen LogP contribution in [-0.4, -0.2) is 36.3 Å². The number of esters is 1. The van der Waals surface area contributed by atoms with Crippen LogP contribution in [0, 0.1) is 0 Å². The molecule has 3 aromatic rings. The van der Waals surface area contributed by atoms with Gasteiger partial charge in [0.25, 0.3) is 5.56 Å². The first-order chi connectivity index (χ1) is 15.8. The third-order valence-corrected chi connectivity index (χ3v) is 6.42. The van der Waals surface area contributed by atoms with Crippen molar-refractivity contribution in [2.75, 3.05) is 25.6 Å². The van der Waals surface area contributed by atoms with Crippen LogP contribution in [0.4, 0.5) is 5.69 Å². The Balaban J connectivity index is 1.92. The summed E-state index contributed by atoms with van der Waals surface area (Å²) in [5.41, 5.74) is 3.26. The van der Waals surface area contributed by atoms with Gasteiger partial charge in [-0.1, -0.05) is 35.6 Å². The Hall–Kier alpha value is -3.65. The lowest BCUT2D eigenvalue weighted by atomic mass is 9.95. The van der Waals surface area contributed by atoms with E-state index in [4.69, 9.17) is 4.74 Å². The second-order valence-corrected chi connectivity index (χ2v) is 8.89. The van der Waals surface area contributed by atoms with Gasteiger partial charge in [0.1, 0.15) is 5.75 Å².